The van der Waals surface area contributed by atoms with Crippen molar-refractivity contribution in [2.45, 2.75) is 31.9 Å². The van der Waals surface area contributed by atoms with Crippen LogP contribution in [-0.2, 0) is 6.54 Å². The second-order valence-electron chi connectivity index (χ2n) is 6.28. The first-order chi connectivity index (χ1) is 14.3. The molecule has 144 valence electrons. The quantitative estimate of drug-likeness (QED) is 0.839. The van der Waals surface area contributed by atoms with Crippen molar-refractivity contribution in [2.75, 3.05) is 19.6 Å². The Kier molecular flexibility index (Phi) is 4.56. The Morgan fingerprint density at radius 3 is 2.89 bits per heavy atom. The lowest BCUT2D eigenvalue weighted by Crippen LogP contribution is -2.48. The maximum Gasteiger partial charge on any atom is 0.253 e. The van der Waals surface area contributed by atoms with E-state index in [-0.39, 0.29) is 17.1 Å². The Hall–Kier alpha value is -2.12. The number of alkyl halides is 1. The van der Waals surface area contributed by atoms with Gasteiger partial charge in [0.15, 0.2) is 0 Å². The highest BCUT2D eigenvalue weighted by Gasteiger charge is 2.36. The first kappa shape index (κ1) is 14.9. The van der Waals surface area contributed by atoms with Crippen molar-refractivity contribution < 1.29 is 19.1 Å². The molecule has 1 N–H and O–H groups in total. The van der Waals surface area contributed by atoms with Crippen molar-refractivity contribution in [3.8, 4) is 0 Å². The number of halogens is 3. The summed E-state index contributed by atoms with van der Waals surface area (Å²) in [5.41, 5.74) is -1.86. The molecular weight excluding hydrogens is 374 g/mol. The summed E-state index contributed by atoms with van der Waals surface area (Å²) in [4.78, 5) is 21.6. The maximum atomic E-state index is 15.6. The topological polar surface area (TPSA) is 58.1 Å². The highest BCUT2D eigenvalue weighted by atomic mass is 35.5. The van der Waals surface area contributed by atoms with E-state index in [0.717, 1.165) is 23.8 Å². The minimum Gasteiger partial charge on any atom is -0.338 e. The highest BCUT2D eigenvalue weighted by Crippen LogP contribution is 2.27. The molecule has 0 aliphatic carbocycles. The van der Waals surface area contributed by atoms with Gasteiger partial charge < -0.3 is 10.2 Å². The van der Waals surface area contributed by atoms with Crippen molar-refractivity contribution in [3.05, 3.63) is 58.4 Å². The summed E-state index contributed by atoms with van der Waals surface area (Å²) in [7, 11) is 0. The van der Waals surface area contributed by atoms with Crippen LogP contribution in [0.25, 0.3) is 0 Å². The molecule has 2 aromatic rings. The monoisotopic (exact) mass is 398 g/mol. The molecule has 1 aliphatic rings. The van der Waals surface area contributed by atoms with E-state index >= 15 is 4.39 Å². The van der Waals surface area contributed by atoms with Crippen LogP contribution in [0.3, 0.4) is 0 Å². The van der Waals surface area contributed by atoms with Crippen molar-refractivity contribution in [3.63, 3.8) is 0 Å². The first-order valence-corrected chi connectivity index (χ1v) is 8.67. The van der Waals surface area contributed by atoms with Gasteiger partial charge in [0.1, 0.15) is 17.3 Å². The molecular formula is C19H21ClF2N4O. The van der Waals surface area contributed by atoms with Gasteiger partial charge in [-0.2, -0.15) is 0 Å². The van der Waals surface area contributed by atoms with E-state index < -0.39 is 49.8 Å². The van der Waals surface area contributed by atoms with Crippen molar-refractivity contribution in [2.24, 2.45) is 0 Å². The van der Waals surface area contributed by atoms with E-state index in [4.69, 9.17) is 17.1 Å². The molecule has 0 saturated carbocycles. The molecule has 1 aromatic heterocycles. The highest BCUT2D eigenvalue weighted by molar-refractivity contribution is 6.31. The van der Waals surface area contributed by atoms with Gasteiger partial charge in [-0.1, -0.05) is 11.6 Å². The zero-order valence-electron chi connectivity index (χ0n) is 18.6. The van der Waals surface area contributed by atoms with E-state index in [1.807, 2.05) is 6.92 Å². The Balaban J connectivity index is 1.75. The molecule has 3 rings (SSSR count). The zero-order valence-corrected chi connectivity index (χ0v) is 15.4. The number of carbonyl (C=O) groups is 1. The summed E-state index contributed by atoms with van der Waals surface area (Å²) < 4.78 is 61.9. The number of nitrogens with one attached hydrogen (secondary N) is 1. The van der Waals surface area contributed by atoms with Crippen LogP contribution in [0.5, 0.6) is 0 Å². The van der Waals surface area contributed by atoms with Crippen LogP contribution >= 0.6 is 11.6 Å². The van der Waals surface area contributed by atoms with E-state index in [0.29, 0.717) is 10.7 Å². The smallest absolute Gasteiger partial charge is 0.253 e. The van der Waals surface area contributed by atoms with Gasteiger partial charge in [0.2, 0.25) is 0 Å². The Bertz CT molecular complexity index is 980. The SMILES string of the molecule is [2H]C1([2H])CC(F)(CNCc2ncc(C)cn2)C([2H])([2H])CN1C(=O)c1ccc(F)c(Cl)c1. The standard InChI is InChI=1S/C19H21ClF2N4O/c1-13-9-24-17(25-10-13)11-23-12-19(22)4-6-26(7-5-19)18(27)14-2-3-16(21)15(20)8-14/h2-3,8-10,23H,4-7,11-12H2,1H3/i4D2,7D2. The predicted molar refractivity (Wildman–Crippen MR) is 98.9 cm³/mol. The molecule has 8 heteroatoms. The average Bonchev–Trinajstić information content (AvgIpc) is 2.68. The van der Waals surface area contributed by atoms with E-state index in [1.165, 1.54) is 0 Å². The number of likely N-dealkylation sites (tertiary alicyclic amines) is 1. The number of benzene rings is 1. The van der Waals surface area contributed by atoms with Gasteiger partial charge in [-0.05, 0) is 30.7 Å². The third kappa shape index (κ3) is 4.99. The van der Waals surface area contributed by atoms with Crippen LogP contribution in [0.2, 0.25) is 5.02 Å². The number of carbonyl (C=O) groups excluding carboxylic acids is 1. The second kappa shape index (κ2) is 8.27. The number of hydrogen-bond acceptors (Lipinski definition) is 4. The molecule has 1 amide bonds. The lowest BCUT2D eigenvalue weighted by molar-refractivity contribution is 0.0434. The summed E-state index contributed by atoms with van der Waals surface area (Å²) in [5.74, 6) is -1.26. The van der Waals surface area contributed by atoms with E-state index in [9.17, 15) is 9.18 Å². The largest absolute Gasteiger partial charge is 0.338 e. The molecule has 2 heterocycles. The van der Waals surface area contributed by atoms with Crippen LogP contribution in [0.15, 0.2) is 30.6 Å². The Morgan fingerprint density at radius 1 is 1.44 bits per heavy atom. The molecule has 0 bridgehead atoms. The summed E-state index contributed by atoms with van der Waals surface area (Å²) in [5, 5.41) is 2.42. The number of aromatic nitrogens is 2. The third-order valence-corrected chi connectivity index (χ3v) is 4.33. The number of hydrogen-bond donors (Lipinski definition) is 1. The predicted octanol–water partition coefficient (Wildman–Crippen LogP) is 3.31. The van der Waals surface area contributed by atoms with Gasteiger partial charge >= 0.3 is 0 Å². The van der Waals surface area contributed by atoms with Gasteiger partial charge in [-0.3, -0.25) is 4.79 Å². The number of aryl methyl sites for hydroxylation is 1. The molecule has 1 aliphatic heterocycles. The lowest BCUT2D eigenvalue weighted by Gasteiger charge is -2.36. The maximum absolute atomic E-state index is 15.6. The molecule has 1 saturated heterocycles. The van der Waals surface area contributed by atoms with Gasteiger partial charge in [0.05, 0.1) is 11.6 Å². The number of rotatable bonds is 5. The van der Waals surface area contributed by atoms with Gasteiger partial charge in [0.25, 0.3) is 5.91 Å². The normalized spacial score (nSPS) is 25.9. The minimum atomic E-state index is -2.60. The zero-order chi connectivity index (χ0) is 23.0. The fraction of sp³-hybridized carbons (Fsp3) is 0.421. The molecule has 0 radical (unpaired) electrons. The van der Waals surface area contributed by atoms with Crippen LogP contribution in [0.4, 0.5) is 8.78 Å². The first-order valence-electron chi connectivity index (χ1n) is 10.3. The third-order valence-electron chi connectivity index (χ3n) is 4.04. The number of amides is 1. The average molecular weight is 399 g/mol. The van der Waals surface area contributed by atoms with Gasteiger partial charge in [0, 0.05) is 55.8 Å². The lowest BCUT2D eigenvalue weighted by atomic mass is 9.92. The van der Waals surface area contributed by atoms with Crippen LogP contribution in [0.1, 0.15) is 40.0 Å². The van der Waals surface area contributed by atoms with E-state index in [1.54, 1.807) is 12.4 Å². The van der Waals surface area contributed by atoms with E-state index in [2.05, 4.69) is 15.3 Å². The molecule has 1 unspecified atom stereocenters. The molecule has 1 atom stereocenters. The van der Waals surface area contributed by atoms with Gasteiger partial charge in [-0.15, -0.1) is 0 Å². The molecule has 1 aromatic carbocycles. The number of nitrogens with zero attached hydrogens (tertiary/aromatic N) is 3. The fourth-order valence-electron chi connectivity index (χ4n) is 2.50. The van der Waals surface area contributed by atoms with Crippen LogP contribution in [0, 0.1) is 12.7 Å². The molecule has 5 nitrogen and oxygen atoms in total. The fourth-order valence-corrected chi connectivity index (χ4v) is 2.68. The second-order valence-corrected chi connectivity index (χ2v) is 6.68. The Morgan fingerprint density at radius 2 is 2.19 bits per heavy atom. The molecule has 0 spiro atoms. The van der Waals surface area contributed by atoms with Crippen molar-refractivity contribution in [1.29, 1.82) is 0 Å². The van der Waals surface area contributed by atoms with Crippen molar-refractivity contribution >= 4 is 17.5 Å². The van der Waals surface area contributed by atoms with Crippen molar-refractivity contribution in [1.82, 2.24) is 20.2 Å². The van der Waals surface area contributed by atoms with Crippen LogP contribution < -0.4 is 5.32 Å². The Labute approximate surface area is 167 Å². The minimum absolute atomic E-state index is 0.0712. The molecule has 27 heavy (non-hydrogen) atoms. The number of piperidine rings is 1. The van der Waals surface area contributed by atoms with Crippen LogP contribution in [-0.4, -0.2) is 46.0 Å². The summed E-state index contributed by atoms with van der Waals surface area (Å²) in [6, 6.07) is 3.11. The summed E-state index contributed by atoms with van der Waals surface area (Å²) in [6.45, 7) is -1.92. The molecule has 1 fully saturated rings. The summed E-state index contributed by atoms with van der Waals surface area (Å²) in [6.07, 6.45) is -0.257. The summed E-state index contributed by atoms with van der Waals surface area (Å²) >= 11 is 5.69. The van der Waals surface area contributed by atoms with Gasteiger partial charge in [-0.25, -0.2) is 18.7 Å².